The summed E-state index contributed by atoms with van der Waals surface area (Å²) in [5, 5.41) is 4.57. The highest BCUT2D eigenvalue weighted by Crippen LogP contribution is 2.14. The number of hydrazone groups is 1. The van der Waals surface area contributed by atoms with E-state index in [0.717, 1.165) is 22.7 Å². The highest BCUT2D eigenvalue weighted by molar-refractivity contribution is 6.00. The van der Waals surface area contributed by atoms with Crippen LogP contribution < -0.4 is 10.2 Å². The first kappa shape index (κ1) is 14.8. The van der Waals surface area contributed by atoms with E-state index in [1.807, 2.05) is 65.4 Å². The molecule has 0 spiro atoms. The lowest BCUT2D eigenvalue weighted by Gasteiger charge is -2.10. The average molecular weight is 306 g/mol. The third-order valence-corrected chi connectivity index (χ3v) is 3.41. The summed E-state index contributed by atoms with van der Waals surface area (Å²) >= 11 is 0. The van der Waals surface area contributed by atoms with Crippen molar-refractivity contribution in [2.45, 2.75) is 6.54 Å². The molecule has 0 fully saturated rings. The smallest absolute Gasteiger partial charge is 0.118 e. The van der Waals surface area contributed by atoms with Gasteiger partial charge in [-0.3, -0.25) is 5.43 Å². The van der Waals surface area contributed by atoms with Crippen LogP contribution in [0.2, 0.25) is 0 Å². The normalized spacial score (nSPS) is 11.3. The van der Waals surface area contributed by atoms with E-state index in [2.05, 4.69) is 15.5 Å². The van der Waals surface area contributed by atoms with E-state index in [1.54, 1.807) is 19.6 Å². The molecule has 2 aromatic carbocycles. The number of aromatic nitrogens is 2. The van der Waals surface area contributed by atoms with E-state index in [4.69, 9.17) is 4.74 Å². The van der Waals surface area contributed by atoms with Crippen LogP contribution in [0, 0.1) is 0 Å². The molecule has 0 aliphatic heterocycles. The van der Waals surface area contributed by atoms with Crippen LogP contribution >= 0.6 is 0 Å². The first-order chi connectivity index (χ1) is 11.3. The topological polar surface area (TPSA) is 51.4 Å². The first-order valence-electron chi connectivity index (χ1n) is 7.33. The van der Waals surface area contributed by atoms with Crippen molar-refractivity contribution in [3.63, 3.8) is 0 Å². The molecular weight excluding hydrogens is 288 g/mol. The maximum absolute atomic E-state index is 5.21. The second-order valence-electron chi connectivity index (χ2n) is 5.00. The average Bonchev–Trinajstić information content (AvgIpc) is 3.13. The summed E-state index contributed by atoms with van der Waals surface area (Å²) in [5.41, 5.74) is 6.00. The summed E-state index contributed by atoms with van der Waals surface area (Å²) in [6, 6.07) is 17.7. The van der Waals surface area contributed by atoms with Crippen molar-refractivity contribution in [1.29, 1.82) is 0 Å². The Balaban J connectivity index is 1.85. The van der Waals surface area contributed by atoms with Gasteiger partial charge in [-0.2, -0.15) is 5.10 Å². The van der Waals surface area contributed by atoms with E-state index in [9.17, 15) is 0 Å². The Kier molecular flexibility index (Phi) is 4.69. The van der Waals surface area contributed by atoms with Crippen molar-refractivity contribution in [3.8, 4) is 5.75 Å². The van der Waals surface area contributed by atoms with Crippen LogP contribution in [0.5, 0.6) is 5.75 Å². The van der Waals surface area contributed by atoms with Gasteiger partial charge >= 0.3 is 0 Å². The second-order valence-corrected chi connectivity index (χ2v) is 5.00. The Hall–Kier alpha value is -3.08. The van der Waals surface area contributed by atoms with Crippen LogP contribution in [-0.4, -0.2) is 22.4 Å². The van der Waals surface area contributed by atoms with Crippen LogP contribution in [0.4, 0.5) is 5.69 Å². The van der Waals surface area contributed by atoms with E-state index in [-0.39, 0.29) is 0 Å². The molecule has 0 bridgehead atoms. The molecule has 5 nitrogen and oxygen atoms in total. The highest BCUT2D eigenvalue weighted by Gasteiger charge is 2.06. The van der Waals surface area contributed by atoms with Crippen molar-refractivity contribution in [2.75, 3.05) is 12.5 Å². The van der Waals surface area contributed by atoms with Gasteiger partial charge in [0.2, 0.25) is 0 Å². The number of hydrogen-bond donors (Lipinski definition) is 1. The number of anilines is 1. The molecule has 5 heteroatoms. The summed E-state index contributed by atoms with van der Waals surface area (Å²) < 4.78 is 7.20. The van der Waals surface area contributed by atoms with Crippen LogP contribution in [0.25, 0.3) is 0 Å². The van der Waals surface area contributed by atoms with Crippen molar-refractivity contribution in [1.82, 2.24) is 9.55 Å². The number of methoxy groups -OCH3 is 1. The van der Waals surface area contributed by atoms with E-state index in [0.29, 0.717) is 6.54 Å². The maximum atomic E-state index is 5.21. The van der Waals surface area contributed by atoms with E-state index >= 15 is 0 Å². The zero-order chi connectivity index (χ0) is 15.9. The molecule has 0 saturated heterocycles. The standard InChI is InChI=1S/C18H18N4O/c1-23-17-9-7-15(8-10-17)18(13-22-12-11-19-14-22)21-20-16-5-3-2-4-6-16/h2-12,14,20H,13H2,1H3. The third kappa shape index (κ3) is 3.97. The van der Waals surface area contributed by atoms with Crippen LogP contribution in [0.15, 0.2) is 78.4 Å². The van der Waals surface area contributed by atoms with Gasteiger partial charge in [0.25, 0.3) is 0 Å². The SMILES string of the molecule is COc1ccc(C(Cn2ccnc2)=NNc2ccccc2)cc1. The molecule has 23 heavy (non-hydrogen) atoms. The monoisotopic (exact) mass is 306 g/mol. The van der Waals surface area contributed by atoms with Gasteiger partial charge in [-0.25, -0.2) is 4.98 Å². The zero-order valence-electron chi connectivity index (χ0n) is 12.9. The highest BCUT2D eigenvalue weighted by atomic mass is 16.5. The molecule has 1 aromatic heterocycles. The van der Waals surface area contributed by atoms with Gasteiger partial charge in [0.15, 0.2) is 0 Å². The second kappa shape index (κ2) is 7.26. The summed E-state index contributed by atoms with van der Waals surface area (Å²) in [6.07, 6.45) is 5.46. The number of hydrogen-bond acceptors (Lipinski definition) is 4. The molecule has 116 valence electrons. The van der Waals surface area contributed by atoms with Gasteiger partial charge in [0.05, 0.1) is 31.4 Å². The predicted molar refractivity (Wildman–Crippen MR) is 91.8 cm³/mol. The first-order valence-corrected chi connectivity index (χ1v) is 7.33. The number of ether oxygens (including phenoxy) is 1. The minimum absolute atomic E-state index is 0.631. The van der Waals surface area contributed by atoms with Gasteiger partial charge in [0, 0.05) is 12.4 Å². The molecule has 1 heterocycles. The predicted octanol–water partition coefficient (Wildman–Crippen LogP) is 3.41. The quantitative estimate of drug-likeness (QED) is 0.561. The van der Waals surface area contributed by atoms with Crippen molar-refractivity contribution in [3.05, 3.63) is 78.9 Å². The van der Waals surface area contributed by atoms with E-state index < -0.39 is 0 Å². The molecule has 3 rings (SSSR count). The fourth-order valence-electron chi connectivity index (χ4n) is 2.17. The van der Waals surface area contributed by atoms with E-state index in [1.165, 1.54) is 0 Å². The van der Waals surface area contributed by atoms with Crippen molar-refractivity contribution >= 4 is 11.4 Å². The lowest BCUT2D eigenvalue weighted by molar-refractivity contribution is 0.415. The van der Waals surface area contributed by atoms with Gasteiger partial charge in [-0.15, -0.1) is 0 Å². The lowest BCUT2D eigenvalue weighted by Crippen LogP contribution is -2.12. The van der Waals surface area contributed by atoms with Gasteiger partial charge in [0.1, 0.15) is 5.75 Å². The Labute approximate surface area is 135 Å². The molecule has 0 unspecified atom stereocenters. The number of rotatable bonds is 6. The Morgan fingerprint density at radius 1 is 1.13 bits per heavy atom. The maximum Gasteiger partial charge on any atom is 0.118 e. The number of nitrogens with one attached hydrogen (secondary N) is 1. The molecule has 0 aliphatic rings. The third-order valence-electron chi connectivity index (χ3n) is 3.41. The van der Waals surface area contributed by atoms with Crippen molar-refractivity contribution < 1.29 is 4.74 Å². The van der Waals surface area contributed by atoms with Gasteiger partial charge in [-0.05, 0) is 42.0 Å². The fraction of sp³-hybridized carbons (Fsp3) is 0.111. The molecule has 0 aliphatic carbocycles. The molecule has 0 radical (unpaired) electrons. The molecule has 0 saturated carbocycles. The zero-order valence-corrected chi connectivity index (χ0v) is 12.9. The molecule has 3 aromatic rings. The number of nitrogens with zero attached hydrogens (tertiary/aromatic N) is 3. The van der Waals surface area contributed by atoms with Crippen LogP contribution in [0.1, 0.15) is 5.56 Å². The molecule has 1 N–H and O–H groups in total. The van der Waals surface area contributed by atoms with Gasteiger partial charge in [-0.1, -0.05) is 18.2 Å². The minimum atomic E-state index is 0.631. The lowest BCUT2D eigenvalue weighted by atomic mass is 10.1. The summed E-state index contributed by atoms with van der Waals surface area (Å²) in [7, 11) is 1.66. The summed E-state index contributed by atoms with van der Waals surface area (Å²) in [5.74, 6) is 0.826. The minimum Gasteiger partial charge on any atom is -0.497 e. The van der Waals surface area contributed by atoms with Crippen molar-refractivity contribution in [2.24, 2.45) is 5.10 Å². The number of benzene rings is 2. The largest absolute Gasteiger partial charge is 0.497 e. The Bertz CT molecular complexity index is 749. The Morgan fingerprint density at radius 3 is 2.57 bits per heavy atom. The summed E-state index contributed by atoms with van der Waals surface area (Å²) in [4.78, 5) is 4.08. The molecular formula is C18H18N4O. The van der Waals surface area contributed by atoms with Crippen LogP contribution in [-0.2, 0) is 6.54 Å². The summed E-state index contributed by atoms with van der Waals surface area (Å²) in [6.45, 7) is 0.631. The fourth-order valence-corrected chi connectivity index (χ4v) is 2.17. The molecule has 0 amide bonds. The number of imidazole rings is 1. The van der Waals surface area contributed by atoms with Crippen LogP contribution in [0.3, 0.4) is 0 Å². The Morgan fingerprint density at radius 2 is 1.91 bits per heavy atom. The van der Waals surface area contributed by atoms with Gasteiger partial charge < -0.3 is 9.30 Å². The molecule has 0 atom stereocenters. The number of para-hydroxylation sites is 1.